The van der Waals surface area contributed by atoms with Gasteiger partial charge in [-0.05, 0) is 54.4 Å². The molecule has 3 aliphatic rings. The Kier molecular flexibility index (Phi) is 11.1. The largest absolute Gasteiger partial charge is 0.444 e. The lowest BCUT2D eigenvalue weighted by Crippen LogP contribution is -2.54. The van der Waals surface area contributed by atoms with Gasteiger partial charge in [0.05, 0.1) is 26.3 Å². The van der Waals surface area contributed by atoms with Gasteiger partial charge in [0.25, 0.3) is 0 Å². The van der Waals surface area contributed by atoms with E-state index in [2.05, 4.69) is 5.32 Å². The minimum atomic E-state index is -1.15. The highest BCUT2D eigenvalue weighted by atomic mass is 19.1. The Labute approximate surface area is 213 Å². The van der Waals surface area contributed by atoms with Crippen LogP contribution in [0.25, 0.3) is 0 Å². The molecule has 3 heterocycles. The number of carbonyl (C=O) groups is 2. The number of carbonyl (C=O) groups excluding carboxylic acids is 2. The van der Waals surface area contributed by atoms with Gasteiger partial charge in [-0.2, -0.15) is 0 Å². The summed E-state index contributed by atoms with van der Waals surface area (Å²) in [6.07, 6.45) is -2.43. The van der Waals surface area contributed by atoms with Crippen LogP contribution in [-0.2, 0) is 18.9 Å². The van der Waals surface area contributed by atoms with E-state index in [1.807, 2.05) is 0 Å². The summed E-state index contributed by atoms with van der Waals surface area (Å²) in [5.74, 6) is 0. The first-order valence-electron chi connectivity index (χ1n) is 12.6. The van der Waals surface area contributed by atoms with Gasteiger partial charge in [-0.1, -0.05) is 0 Å². The van der Waals surface area contributed by atoms with E-state index in [4.69, 9.17) is 24.7 Å². The first-order valence-corrected chi connectivity index (χ1v) is 12.6. The first-order chi connectivity index (χ1) is 16.6. The molecule has 3 saturated heterocycles. The van der Waals surface area contributed by atoms with E-state index in [0.29, 0.717) is 45.7 Å². The highest BCUT2D eigenvalue weighted by Crippen LogP contribution is 2.19. The predicted octanol–water partition coefficient (Wildman–Crippen LogP) is 2.59. The van der Waals surface area contributed by atoms with Crippen molar-refractivity contribution in [3.63, 3.8) is 0 Å². The maximum atomic E-state index is 14.2. The average molecular weight is 523 g/mol. The summed E-state index contributed by atoms with van der Waals surface area (Å²) in [7, 11) is 0. The van der Waals surface area contributed by atoms with Crippen molar-refractivity contribution >= 4 is 12.2 Å². The number of halogens is 2. The van der Waals surface area contributed by atoms with Crippen LogP contribution in [0, 0.1) is 0 Å². The Morgan fingerprint density at radius 3 is 1.81 bits per heavy atom. The van der Waals surface area contributed by atoms with Crippen molar-refractivity contribution in [1.82, 2.24) is 15.1 Å². The molecule has 0 spiro atoms. The Morgan fingerprint density at radius 2 is 1.36 bits per heavy atom. The van der Waals surface area contributed by atoms with Crippen LogP contribution >= 0.6 is 0 Å². The number of piperidine rings is 2. The number of alkyl halides is 2. The topological polar surface area (TPSA) is 116 Å². The number of hydrogen-bond donors (Lipinski definition) is 2. The zero-order valence-corrected chi connectivity index (χ0v) is 22.4. The predicted molar refractivity (Wildman–Crippen MR) is 130 cm³/mol. The van der Waals surface area contributed by atoms with E-state index in [1.54, 1.807) is 41.5 Å². The summed E-state index contributed by atoms with van der Waals surface area (Å²) in [6.45, 7) is 13.4. The molecule has 10 nitrogen and oxygen atoms in total. The normalized spacial score (nSPS) is 27.8. The van der Waals surface area contributed by atoms with Gasteiger partial charge in [0.2, 0.25) is 0 Å². The second kappa shape index (κ2) is 13.2. The fourth-order valence-electron chi connectivity index (χ4n) is 3.82. The molecule has 0 saturated carbocycles. The average Bonchev–Trinajstić information content (AvgIpc) is 3.26. The third-order valence-electron chi connectivity index (χ3n) is 5.67. The highest BCUT2D eigenvalue weighted by Gasteiger charge is 2.34. The van der Waals surface area contributed by atoms with Crippen LogP contribution in [0.15, 0.2) is 0 Å². The van der Waals surface area contributed by atoms with Crippen LogP contribution in [0.3, 0.4) is 0 Å². The zero-order chi connectivity index (χ0) is 27.1. The number of hydrogen-bond acceptors (Lipinski definition) is 8. The molecule has 3 fully saturated rings. The summed E-state index contributed by atoms with van der Waals surface area (Å²) in [5.41, 5.74) is 4.41. The molecule has 0 radical (unpaired) electrons. The second-order valence-corrected chi connectivity index (χ2v) is 11.3. The molecule has 0 unspecified atom stereocenters. The monoisotopic (exact) mass is 522 g/mol. The van der Waals surface area contributed by atoms with Gasteiger partial charge in [0.1, 0.15) is 23.5 Å². The molecule has 4 atom stereocenters. The zero-order valence-electron chi connectivity index (χ0n) is 22.4. The number of ether oxygens (including phenoxy) is 4. The summed E-state index contributed by atoms with van der Waals surface area (Å²) >= 11 is 0. The smallest absolute Gasteiger partial charge is 0.410 e. The second-order valence-electron chi connectivity index (χ2n) is 11.3. The van der Waals surface area contributed by atoms with E-state index in [-0.39, 0.29) is 25.4 Å². The van der Waals surface area contributed by atoms with Gasteiger partial charge in [-0.15, -0.1) is 0 Å². The molecular formula is C24H44F2N4O6. The summed E-state index contributed by atoms with van der Waals surface area (Å²) in [5, 5.41) is 3.12. The number of amides is 2. The maximum absolute atomic E-state index is 14.2. The molecule has 0 aromatic heterocycles. The van der Waals surface area contributed by atoms with E-state index < -0.39 is 41.8 Å². The van der Waals surface area contributed by atoms with Gasteiger partial charge in [-0.25, -0.2) is 18.4 Å². The van der Waals surface area contributed by atoms with Gasteiger partial charge < -0.3 is 39.8 Å². The maximum Gasteiger partial charge on any atom is 0.410 e. The quantitative estimate of drug-likeness (QED) is 0.581. The highest BCUT2D eigenvalue weighted by molar-refractivity contribution is 5.68. The van der Waals surface area contributed by atoms with E-state index >= 15 is 0 Å². The summed E-state index contributed by atoms with van der Waals surface area (Å²) in [6, 6.07) is -0.736. The molecule has 12 heteroatoms. The number of nitrogens with two attached hydrogens (primary N) is 1. The van der Waals surface area contributed by atoms with E-state index in [1.165, 1.54) is 9.80 Å². The third kappa shape index (κ3) is 10.7. The Hall–Kier alpha value is -1.76. The molecule has 3 aliphatic heterocycles. The van der Waals surface area contributed by atoms with Gasteiger partial charge >= 0.3 is 12.2 Å². The van der Waals surface area contributed by atoms with Crippen LogP contribution in [0.5, 0.6) is 0 Å². The third-order valence-corrected chi connectivity index (χ3v) is 5.67. The molecule has 36 heavy (non-hydrogen) atoms. The van der Waals surface area contributed by atoms with Crippen LogP contribution in [-0.4, -0.2) is 110 Å². The number of likely N-dealkylation sites (tertiary alicyclic amines) is 2. The Morgan fingerprint density at radius 1 is 0.889 bits per heavy atom. The Balaban J connectivity index is 0.000000269. The van der Waals surface area contributed by atoms with Crippen LogP contribution in [0.1, 0.15) is 54.4 Å². The number of nitrogens with one attached hydrogen (secondary N) is 1. The molecule has 3 rings (SSSR count). The van der Waals surface area contributed by atoms with Gasteiger partial charge in [0.15, 0.2) is 6.29 Å². The lowest BCUT2D eigenvalue weighted by atomic mass is 10.0. The minimum absolute atomic E-state index is 0.0378. The van der Waals surface area contributed by atoms with Crippen LogP contribution in [0.4, 0.5) is 18.4 Å². The molecule has 0 aromatic rings. The molecule has 0 aromatic carbocycles. The molecule has 3 N–H and O–H groups in total. The molecule has 0 aliphatic carbocycles. The lowest BCUT2D eigenvalue weighted by molar-refractivity contribution is -0.0446. The van der Waals surface area contributed by atoms with Crippen molar-refractivity contribution in [2.24, 2.45) is 5.73 Å². The fourth-order valence-corrected chi connectivity index (χ4v) is 3.82. The number of nitrogens with zero attached hydrogens (tertiary/aromatic N) is 2. The fraction of sp³-hybridized carbons (Fsp3) is 0.917. The van der Waals surface area contributed by atoms with Crippen molar-refractivity contribution in [2.75, 3.05) is 45.9 Å². The van der Waals surface area contributed by atoms with Crippen LogP contribution < -0.4 is 11.1 Å². The van der Waals surface area contributed by atoms with Crippen molar-refractivity contribution in [3.05, 3.63) is 0 Å². The van der Waals surface area contributed by atoms with Gasteiger partial charge in [-0.3, -0.25) is 0 Å². The van der Waals surface area contributed by atoms with E-state index in [0.717, 1.165) is 0 Å². The standard InChI is InChI=1S/C14H25FN2O4.C10H19FN2O2/c1-14(2,3)21-13(18)17-5-4-11(10(15)9-17)16-8-12-19-6-7-20-12;1-10(2,3)15-9(14)13-5-4-8(12)7(11)6-13/h10-12,16H,4-9H2,1-3H3;7-8H,4-6,12H2,1-3H3/t10-,11+;7-,8+/m00/s1. The van der Waals surface area contributed by atoms with Crippen molar-refractivity contribution in [3.8, 4) is 0 Å². The Bertz CT molecular complexity index is 712. The van der Waals surface area contributed by atoms with Crippen LogP contribution in [0.2, 0.25) is 0 Å². The van der Waals surface area contributed by atoms with Crippen molar-refractivity contribution in [2.45, 2.75) is 96.3 Å². The first kappa shape index (κ1) is 30.5. The van der Waals surface area contributed by atoms with E-state index in [9.17, 15) is 18.4 Å². The van der Waals surface area contributed by atoms with Crippen molar-refractivity contribution < 1.29 is 37.3 Å². The molecule has 0 bridgehead atoms. The lowest BCUT2D eigenvalue weighted by Gasteiger charge is -2.36. The summed E-state index contributed by atoms with van der Waals surface area (Å²) in [4.78, 5) is 26.3. The minimum Gasteiger partial charge on any atom is -0.444 e. The summed E-state index contributed by atoms with van der Waals surface area (Å²) < 4.78 is 48.4. The van der Waals surface area contributed by atoms with Gasteiger partial charge in [0, 0.05) is 31.7 Å². The SMILES string of the molecule is CC(C)(C)OC(=O)N1CC[C@@H](N)[C@@H](F)C1.CC(C)(C)OC(=O)N1CC[C@@H](NCC2OCCO2)[C@@H](F)C1. The molecule has 210 valence electrons. The molecular weight excluding hydrogens is 478 g/mol. The number of rotatable bonds is 3. The van der Waals surface area contributed by atoms with Crippen molar-refractivity contribution in [1.29, 1.82) is 0 Å². The molecule has 2 amide bonds.